The summed E-state index contributed by atoms with van der Waals surface area (Å²) in [6, 6.07) is 6.97. The first-order valence-electron chi connectivity index (χ1n) is 5.66. The SMILES string of the molecule is COC(=O)C1NNC(N)C1c1ccccc1OC. The van der Waals surface area contributed by atoms with E-state index < -0.39 is 6.04 Å². The van der Waals surface area contributed by atoms with Crippen LogP contribution >= 0.6 is 0 Å². The van der Waals surface area contributed by atoms with Gasteiger partial charge < -0.3 is 15.2 Å². The van der Waals surface area contributed by atoms with E-state index in [1.165, 1.54) is 7.11 Å². The van der Waals surface area contributed by atoms with E-state index in [1.54, 1.807) is 7.11 Å². The minimum absolute atomic E-state index is 0.242. The van der Waals surface area contributed by atoms with Crippen LogP contribution in [0.4, 0.5) is 0 Å². The number of hydrazine groups is 1. The van der Waals surface area contributed by atoms with Gasteiger partial charge in [-0.2, -0.15) is 0 Å². The highest BCUT2D eigenvalue weighted by Gasteiger charge is 2.41. The Labute approximate surface area is 105 Å². The zero-order valence-corrected chi connectivity index (χ0v) is 10.3. The summed E-state index contributed by atoms with van der Waals surface area (Å²) in [6.45, 7) is 0. The molecule has 1 aromatic carbocycles. The summed E-state index contributed by atoms with van der Waals surface area (Å²) in [5.41, 5.74) is 12.6. The third-order valence-corrected chi connectivity index (χ3v) is 3.10. The zero-order chi connectivity index (χ0) is 13.1. The second-order valence-electron chi connectivity index (χ2n) is 4.08. The van der Waals surface area contributed by atoms with Crippen molar-refractivity contribution in [3.63, 3.8) is 0 Å². The zero-order valence-electron chi connectivity index (χ0n) is 10.3. The van der Waals surface area contributed by atoms with Gasteiger partial charge in [0.25, 0.3) is 0 Å². The van der Waals surface area contributed by atoms with Gasteiger partial charge >= 0.3 is 5.97 Å². The van der Waals surface area contributed by atoms with Crippen LogP contribution in [-0.4, -0.2) is 32.4 Å². The lowest BCUT2D eigenvalue weighted by molar-refractivity contribution is -0.143. The normalized spacial score (nSPS) is 26.9. The number of nitrogens with two attached hydrogens (primary N) is 1. The van der Waals surface area contributed by atoms with E-state index in [1.807, 2.05) is 24.3 Å². The molecule has 0 aliphatic carbocycles. The van der Waals surface area contributed by atoms with Crippen molar-refractivity contribution in [3.8, 4) is 5.75 Å². The van der Waals surface area contributed by atoms with Gasteiger partial charge in [0, 0.05) is 11.5 Å². The highest BCUT2D eigenvalue weighted by atomic mass is 16.5. The molecule has 1 aliphatic rings. The van der Waals surface area contributed by atoms with Crippen molar-refractivity contribution in [2.24, 2.45) is 5.73 Å². The van der Waals surface area contributed by atoms with E-state index in [0.717, 1.165) is 5.56 Å². The quantitative estimate of drug-likeness (QED) is 0.640. The van der Waals surface area contributed by atoms with Crippen LogP contribution in [0.1, 0.15) is 11.5 Å². The van der Waals surface area contributed by atoms with Crippen LogP contribution in [0, 0.1) is 0 Å². The Morgan fingerprint density at radius 1 is 1.28 bits per heavy atom. The molecule has 1 heterocycles. The van der Waals surface area contributed by atoms with Gasteiger partial charge in [-0.15, -0.1) is 0 Å². The summed E-state index contributed by atoms with van der Waals surface area (Å²) in [5, 5.41) is 0. The average molecular weight is 251 g/mol. The number of hydrogen-bond donors (Lipinski definition) is 3. The van der Waals surface area contributed by atoms with Crippen molar-refractivity contribution in [2.75, 3.05) is 14.2 Å². The Morgan fingerprint density at radius 3 is 2.67 bits per heavy atom. The molecule has 1 aliphatic heterocycles. The predicted octanol–water partition coefficient (Wildman–Crippen LogP) is -0.287. The van der Waals surface area contributed by atoms with E-state index in [4.69, 9.17) is 15.2 Å². The second-order valence-corrected chi connectivity index (χ2v) is 4.08. The minimum Gasteiger partial charge on any atom is -0.496 e. The lowest BCUT2D eigenvalue weighted by Crippen LogP contribution is -2.39. The molecule has 0 saturated carbocycles. The first kappa shape index (κ1) is 12.8. The average Bonchev–Trinajstić information content (AvgIpc) is 2.79. The van der Waals surface area contributed by atoms with Gasteiger partial charge in [-0.1, -0.05) is 18.2 Å². The van der Waals surface area contributed by atoms with Gasteiger partial charge in [-0.05, 0) is 6.07 Å². The molecule has 1 fully saturated rings. The number of carbonyl (C=O) groups is 1. The van der Waals surface area contributed by atoms with Crippen molar-refractivity contribution in [3.05, 3.63) is 29.8 Å². The molecule has 1 aromatic rings. The molecule has 98 valence electrons. The molecule has 6 nitrogen and oxygen atoms in total. The van der Waals surface area contributed by atoms with E-state index in [0.29, 0.717) is 5.75 Å². The Bertz CT molecular complexity index is 438. The van der Waals surface area contributed by atoms with E-state index in [-0.39, 0.29) is 18.1 Å². The summed E-state index contributed by atoms with van der Waals surface area (Å²) >= 11 is 0. The number of hydrogen-bond acceptors (Lipinski definition) is 6. The number of rotatable bonds is 3. The summed E-state index contributed by atoms with van der Waals surface area (Å²) in [6.07, 6.45) is -0.384. The largest absolute Gasteiger partial charge is 0.496 e. The summed E-state index contributed by atoms with van der Waals surface area (Å²) < 4.78 is 10.1. The van der Waals surface area contributed by atoms with Crippen molar-refractivity contribution < 1.29 is 14.3 Å². The van der Waals surface area contributed by atoms with Gasteiger partial charge in [0.2, 0.25) is 0 Å². The fourth-order valence-electron chi connectivity index (χ4n) is 2.22. The van der Waals surface area contributed by atoms with E-state index in [2.05, 4.69) is 10.9 Å². The lowest BCUT2D eigenvalue weighted by atomic mass is 9.90. The molecule has 0 amide bonds. The van der Waals surface area contributed by atoms with E-state index in [9.17, 15) is 4.79 Å². The minimum atomic E-state index is -0.527. The molecule has 0 radical (unpaired) electrons. The molecule has 6 heteroatoms. The molecule has 1 saturated heterocycles. The number of esters is 1. The number of carbonyl (C=O) groups excluding carboxylic acids is 1. The van der Waals surface area contributed by atoms with Crippen LogP contribution in [-0.2, 0) is 9.53 Å². The smallest absolute Gasteiger partial charge is 0.324 e. The maximum atomic E-state index is 11.7. The van der Waals surface area contributed by atoms with Crippen LogP contribution in [0.3, 0.4) is 0 Å². The fourth-order valence-corrected chi connectivity index (χ4v) is 2.22. The fraction of sp³-hybridized carbons (Fsp3) is 0.417. The Balaban J connectivity index is 2.36. The first-order chi connectivity index (χ1) is 8.69. The van der Waals surface area contributed by atoms with Gasteiger partial charge in [0.05, 0.1) is 20.4 Å². The molecule has 2 rings (SSSR count). The topological polar surface area (TPSA) is 85.6 Å². The monoisotopic (exact) mass is 251 g/mol. The molecule has 0 aromatic heterocycles. The number of nitrogens with one attached hydrogen (secondary N) is 2. The van der Waals surface area contributed by atoms with Crippen LogP contribution in [0.25, 0.3) is 0 Å². The van der Waals surface area contributed by atoms with Gasteiger partial charge in [0.1, 0.15) is 11.8 Å². The number of para-hydroxylation sites is 1. The molecule has 3 atom stereocenters. The molecule has 0 spiro atoms. The Hall–Kier alpha value is -1.63. The number of methoxy groups -OCH3 is 2. The van der Waals surface area contributed by atoms with Gasteiger partial charge in [-0.3, -0.25) is 4.79 Å². The summed E-state index contributed by atoms with van der Waals surface area (Å²) in [5.74, 6) is 0.109. The van der Waals surface area contributed by atoms with E-state index >= 15 is 0 Å². The maximum Gasteiger partial charge on any atom is 0.324 e. The van der Waals surface area contributed by atoms with Crippen LogP contribution < -0.4 is 21.3 Å². The highest BCUT2D eigenvalue weighted by Crippen LogP contribution is 2.32. The van der Waals surface area contributed by atoms with Crippen LogP contribution in [0.2, 0.25) is 0 Å². The molecular weight excluding hydrogens is 234 g/mol. The second kappa shape index (κ2) is 5.34. The summed E-state index contributed by atoms with van der Waals surface area (Å²) in [7, 11) is 2.94. The third kappa shape index (κ3) is 2.17. The van der Waals surface area contributed by atoms with Gasteiger partial charge in [0.15, 0.2) is 0 Å². The standard InChI is InChI=1S/C12H17N3O3/c1-17-8-6-4-3-5-7(8)9-10(12(16)18-2)14-15-11(9)13/h3-6,9-11,14-15H,13H2,1-2H3. The first-order valence-corrected chi connectivity index (χ1v) is 5.66. The van der Waals surface area contributed by atoms with Crippen molar-refractivity contribution in [1.82, 2.24) is 10.9 Å². The van der Waals surface area contributed by atoms with Crippen molar-refractivity contribution >= 4 is 5.97 Å². The van der Waals surface area contributed by atoms with Crippen LogP contribution in [0.5, 0.6) is 5.75 Å². The molecule has 0 bridgehead atoms. The number of benzene rings is 1. The molecular formula is C12H17N3O3. The maximum absolute atomic E-state index is 11.7. The van der Waals surface area contributed by atoms with Crippen LogP contribution in [0.15, 0.2) is 24.3 Å². The molecule has 18 heavy (non-hydrogen) atoms. The predicted molar refractivity (Wildman–Crippen MR) is 65.8 cm³/mol. The van der Waals surface area contributed by atoms with Crippen molar-refractivity contribution in [2.45, 2.75) is 18.1 Å². The highest BCUT2D eigenvalue weighted by molar-refractivity contribution is 5.78. The molecule has 4 N–H and O–H groups in total. The Morgan fingerprint density at radius 2 is 2.00 bits per heavy atom. The Kier molecular flexibility index (Phi) is 3.81. The third-order valence-electron chi connectivity index (χ3n) is 3.10. The lowest BCUT2D eigenvalue weighted by Gasteiger charge is -2.21. The molecule has 3 unspecified atom stereocenters. The number of ether oxygens (including phenoxy) is 2. The van der Waals surface area contributed by atoms with Crippen molar-refractivity contribution in [1.29, 1.82) is 0 Å². The van der Waals surface area contributed by atoms with Gasteiger partial charge in [-0.25, -0.2) is 10.9 Å². The summed E-state index contributed by atoms with van der Waals surface area (Å²) in [4.78, 5) is 11.7.